The van der Waals surface area contributed by atoms with Crippen LogP contribution in [-0.4, -0.2) is 5.11 Å². The smallest absolute Gasteiger partial charge is 0.162 e. The van der Waals surface area contributed by atoms with Crippen LogP contribution in [0.25, 0.3) is 0 Å². The summed E-state index contributed by atoms with van der Waals surface area (Å²) in [6.07, 6.45) is 0.372. The summed E-state index contributed by atoms with van der Waals surface area (Å²) in [7, 11) is 0. The maximum absolute atomic E-state index is 12.7. The van der Waals surface area contributed by atoms with Gasteiger partial charge < -0.3 is 5.11 Å². The van der Waals surface area contributed by atoms with Crippen molar-refractivity contribution < 1.29 is 13.9 Å². The topological polar surface area (TPSA) is 20.2 Å². The summed E-state index contributed by atoms with van der Waals surface area (Å²) in [5.41, 5.74) is 0.197. The Bertz CT molecular complexity index is 271. The minimum Gasteiger partial charge on any atom is -0.508 e. The van der Waals surface area contributed by atoms with Crippen LogP contribution in [0, 0.1) is 11.6 Å². The van der Waals surface area contributed by atoms with Crippen LogP contribution in [0.4, 0.5) is 8.78 Å². The first-order valence-corrected chi connectivity index (χ1v) is 3.32. The summed E-state index contributed by atoms with van der Waals surface area (Å²) >= 11 is 0. The Kier molecular flexibility index (Phi) is 2.08. The molecule has 1 aromatic rings. The number of hydrogen-bond acceptors (Lipinski definition) is 1. The molecule has 11 heavy (non-hydrogen) atoms. The number of rotatable bonds is 1. The van der Waals surface area contributed by atoms with E-state index in [1.807, 2.05) is 0 Å². The van der Waals surface area contributed by atoms with E-state index in [0.29, 0.717) is 6.42 Å². The minimum absolute atomic E-state index is 0.197. The highest BCUT2D eigenvalue weighted by atomic mass is 19.2. The molecule has 0 spiro atoms. The Morgan fingerprint density at radius 1 is 1.36 bits per heavy atom. The number of halogens is 2. The Labute approximate surface area is 63.3 Å². The van der Waals surface area contributed by atoms with E-state index in [1.165, 1.54) is 6.07 Å². The van der Waals surface area contributed by atoms with Gasteiger partial charge in [0.05, 0.1) is 0 Å². The average molecular weight is 158 g/mol. The van der Waals surface area contributed by atoms with Crippen LogP contribution in [-0.2, 0) is 6.42 Å². The molecule has 0 aliphatic heterocycles. The van der Waals surface area contributed by atoms with Crippen LogP contribution < -0.4 is 0 Å². The molecular weight excluding hydrogens is 150 g/mol. The quantitative estimate of drug-likeness (QED) is 0.664. The predicted octanol–water partition coefficient (Wildman–Crippen LogP) is 2.23. The van der Waals surface area contributed by atoms with Crippen LogP contribution in [0.1, 0.15) is 12.5 Å². The van der Waals surface area contributed by atoms with E-state index in [0.717, 1.165) is 6.07 Å². The van der Waals surface area contributed by atoms with Gasteiger partial charge in [0.1, 0.15) is 5.75 Å². The summed E-state index contributed by atoms with van der Waals surface area (Å²) in [5.74, 6) is -2.10. The highest BCUT2D eigenvalue weighted by Gasteiger charge is 2.07. The molecular formula is C8H8F2O. The predicted molar refractivity (Wildman–Crippen MR) is 37.4 cm³/mol. The second kappa shape index (κ2) is 2.86. The largest absolute Gasteiger partial charge is 0.508 e. The number of benzene rings is 1. The van der Waals surface area contributed by atoms with E-state index >= 15 is 0 Å². The van der Waals surface area contributed by atoms with Gasteiger partial charge in [-0.15, -0.1) is 0 Å². The fourth-order valence-electron chi connectivity index (χ4n) is 0.887. The van der Waals surface area contributed by atoms with Crippen molar-refractivity contribution in [2.24, 2.45) is 0 Å². The first-order chi connectivity index (χ1) is 5.15. The maximum atomic E-state index is 12.7. The van der Waals surface area contributed by atoms with E-state index in [4.69, 9.17) is 5.11 Å². The zero-order valence-electron chi connectivity index (χ0n) is 6.06. The molecule has 0 unspecified atom stereocenters. The summed E-state index contributed by atoms with van der Waals surface area (Å²) < 4.78 is 25.2. The first kappa shape index (κ1) is 7.98. The van der Waals surface area contributed by atoms with Gasteiger partial charge >= 0.3 is 0 Å². The summed E-state index contributed by atoms with van der Waals surface area (Å²) in [6, 6.07) is 1.98. The molecule has 0 heterocycles. The molecule has 3 heteroatoms. The van der Waals surface area contributed by atoms with E-state index < -0.39 is 11.6 Å². The molecule has 0 radical (unpaired) electrons. The van der Waals surface area contributed by atoms with Gasteiger partial charge in [0.2, 0.25) is 0 Å². The molecule has 0 aromatic heterocycles. The van der Waals surface area contributed by atoms with Crippen LogP contribution in [0.15, 0.2) is 12.1 Å². The molecule has 0 atom stereocenters. The van der Waals surface area contributed by atoms with Crippen molar-refractivity contribution in [1.29, 1.82) is 0 Å². The molecule has 60 valence electrons. The van der Waals surface area contributed by atoms with Gasteiger partial charge in [0.25, 0.3) is 0 Å². The highest BCUT2D eigenvalue weighted by Crippen LogP contribution is 2.19. The lowest BCUT2D eigenvalue weighted by atomic mass is 10.1. The summed E-state index contributed by atoms with van der Waals surface area (Å²) in [4.78, 5) is 0. The van der Waals surface area contributed by atoms with Crippen molar-refractivity contribution in [1.82, 2.24) is 0 Å². The van der Waals surface area contributed by atoms with Gasteiger partial charge in [-0.25, -0.2) is 8.78 Å². The number of phenols is 1. The summed E-state index contributed by atoms with van der Waals surface area (Å²) in [5, 5.41) is 8.84. The highest BCUT2D eigenvalue weighted by molar-refractivity contribution is 5.29. The molecule has 1 rings (SSSR count). The molecule has 0 saturated heterocycles. The molecule has 0 aliphatic rings. The monoisotopic (exact) mass is 158 g/mol. The van der Waals surface area contributed by atoms with Crippen molar-refractivity contribution in [2.75, 3.05) is 0 Å². The third kappa shape index (κ3) is 1.48. The Morgan fingerprint density at radius 2 is 2.00 bits per heavy atom. The lowest BCUT2D eigenvalue weighted by molar-refractivity contribution is 0.450. The van der Waals surface area contributed by atoms with Gasteiger partial charge in [-0.05, 0) is 18.1 Å². The van der Waals surface area contributed by atoms with Crippen LogP contribution >= 0.6 is 0 Å². The molecule has 0 fully saturated rings. The van der Waals surface area contributed by atoms with Crippen LogP contribution in [0.5, 0.6) is 5.75 Å². The summed E-state index contributed by atoms with van der Waals surface area (Å²) in [6.45, 7) is 1.69. The van der Waals surface area contributed by atoms with Crippen molar-refractivity contribution in [3.63, 3.8) is 0 Å². The van der Waals surface area contributed by atoms with E-state index in [9.17, 15) is 8.78 Å². The number of aromatic hydroxyl groups is 1. The second-order valence-electron chi connectivity index (χ2n) is 2.25. The normalized spacial score (nSPS) is 10.1. The van der Waals surface area contributed by atoms with Gasteiger partial charge in [-0.2, -0.15) is 0 Å². The van der Waals surface area contributed by atoms with Gasteiger partial charge in [0.15, 0.2) is 11.6 Å². The molecule has 0 aliphatic carbocycles. The molecule has 0 bridgehead atoms. The zero-order valence-corrected chi connectivity index (χ0v) is 6.06. The van der Waals surface area contributed by atoms with Crippen molar-refractivity contribution in [3.8, 4) is 5.75 Å². The average Bonchev–Trinajstić information content (AvgIpc) is 1.96. The molecule has 0 saturated carbocycles. The fourth-order valence-corrected chi connectivity index (χ4v) is 0.887. The van der Waals surface area contributed by atoms with Crippen LogP contribution in [0.3, 0.4) is 0 Å². The van der Waals surface area contributed by atoms with Crippen molar-refractivity contribution in [2.45, 2.75) is 13.3 Å². The van der Waals surface area contributed by atoms with Crippen LogP contribution in [0.2, 0.25) is 0 Å². The number of hydrogen-bond donors (Lipinski definition) is 1. The zero-order chi connectivity index (χ0) is 8.43. The SMILES string of the molecule is CCc1cc(O)cc(F)c1F. The van der Waals surface area contributed by atoms with E-state index in [1.54, 1.807) is 6.92 Å². The molecule has 1 aromatic carbocycles. The van der Waals surface area contributed by atoms with E-state index in [-0.39, 0.29) is 11.3 Å². The number of aryl methyl sites for hydroxylation is 1. The second-order valence-corrected chi connectivity index (χ2v) is 2.25. The lowest BCUT2D eigenvalue weighted by Gasteiger charge is -2.00. The van der Waals surface area contributed by atoms with Crippen molar-refractivity contribution >= 4 is 0 Å². The minimum atomic E-state index is -0.998. The van der Waals surface area contributed by atoms with Gasteiger partial charge in [-0.3, -0.25) is 0 Å². The third-order valence-electron chi connectivity index (χ3n) is 1.47. The standard InChI is InChI=1S/C8H8F2O/c1-2-5-3-6(11)4-7(9)8(5)10/h3-4,11H,2H2,1H3. The van der Waals surface area contributed by atoms with Gasteiger partial charge in [-0.1, -0.05) is 6.92 Å². The first-order valence-electron chi connectivity index (χ1n) is 3.32. The Hall–Kier alpha value is -1.12. The molecule has 0 amide bonds. The Balaban J connectivity index is 3.24. The molecule has 1 nitrogen and oxygen atoms in total. The third-order valence-corrected chi connectivity index (χ3v) is 1.47. The lowest BCUT2D eigenvalue weighted by Crippen LogP contribution is -1.91. The number of phenolic OH excluding ortho intramolecular Hbond substituents is 1. The molecule has 1 N–H and O–H groups in total. The van der Waals surface area contributed by atoms with E-state index in [2.05, 4.69) is 0 Å². The van der Waals surface area contributed by atoms with Gasteiger partial charge in [0, 0.05) is 6.07 Å². The maximum Gasteiger partial charge on any atom is 0.162 e. The van der Waals surface area contributed by atoms with Crippen molar-refractivity contribution in [3.05, 3.63) is 29.3 Å². The Morgan fingerprint density at radius 3 is 2.55 bits per heavy atom. The fraction of sp³-hybridized carbons (Fsp3) is 0.250.